The molecule has 0 bridgehead atoms. The number of ether oxygens (including phenoxy) is 4. The molecule has 11 nitrogen and oxygen atoms in total. The lowest BCUT2D eigenvalue weighted by atomic mass is 10.1. The molecule has 0 spiro atoms. The summed E-state index contributed by atoms with van der Waals surface area (Å²) in [7, 11) is 2.96. The summed E-state index contributed by atoms with van der Waals surface area (Å²) in [6.07, 6.45) is 3.14. The van der Waals surface area contributed by atoms with E-state index in [-0.39, 0.29) is 29.4 Å². The van der Waals surface area contributed by atoms with E-state index in [1.807, 2.05) is 30.3 Å². The molecule has 1 aromatic heterocycles. The highest BCUT2D eigenvalue weighted by Crippen LogP contribution is 2.39. The van der Waals surface area contributed by atoms with Gasteiger partial charge >= 0.3 is 5.69 Å². The maximum Gasteiger partial charge on any atom is 0.335 e. The van der Waals surface area contributed by atoms with Gasteiger partial charge in [-0.1, -0.05) is 30.3 Å². The minimum Gasteiger partial charge on any atom is -0.493 e. The quantitative estimate of drug-likeness (QED) is 0.0711. The van der Waals surface area contributed by atoms with Crippen molar-refractivity contribution in [1.82, 2.24) is 9.13 Å². The van der Waals surface area contributed by atoms with Crippen LogP contribution in [0, 0.1) is 11.6 Å². The van der Waals surface area contributed by atoms with Gasteiger partial charge in [-0.25, -0.2) is 18.1 Å². The van der Waals surface area contributed by atoms with Crippen molar-refractivity contribution in [3.8, 4) is 22.9 Å². The number of aromatic nitrogens is 2. The third-order valence-electron chi connectivity index (χ3n) is 7.89. The fraction of sp³-hybridized carbons (Fsp3) is 0.179. The van der Waals surface area contributed by atoms with Crippen molar-refractivity contribution in [1.29, 1.82) is 0 Å². The summed E-state index contributed by atoms with van der Waals surface area (Å²) in [5.74, 6) is -1.40. The first kappa shape index (κ1) is 36.9. The summed E-state index contributed by atoms with van der Waals surface area (Å²) in [6.45, 7) is 6.06. The number of nitrogens with one attached hydrogen (secondary N) is 1. The molecule has 0 aliphatic heterocycles. The second-order valence-electron chi connectivity index (χ2n) is 11.3. The van der Waals surface area contributed by atoms with Gasteiger partial charge in [0, 0.05) is 42.7 Å². The van der Waals surface area contributed by atoms with Crippen molar-refractivity contribution in [3.05, 3.63) is 146 Å². The molecule has 1 amide bonds. The van der Waals surface area contributed by atoms with Crippen LogP contribution in [0.25, 0.3) is 11.4 Å². The Hall–Kier alpha value is -6.34. The van der Waals surface area contributed by atoms with Gasteiger partial charge in [-0.15, -0.1) is 0 Å². The smallest absolute Gasteiger partial charge is 0.335 e. The van der Waals surface area contributed by atoms with Crippen molar-refractivity contribution in [2.75, 3.05) is 26.1 Å². The molecule has 4 aromatic carbocycles. The fourth-order valence-electron chi connectivity index (χ4n) is 5.28. The normalized spacial score (nSPS) is 11.2. The van der Waals surface area contributed by atoms with Crippen LogP contribution < -0.4 is 30.8 Å². The molecule has 1 heterocycles. The number of nitrogens with zero attached hydrogens (tertiary/aromatic N) is 3. The molecule has 0 atom stereocenters. The number of rotatable bonds is 15. The van der Waals surface area contributed by atoms with E-state index in [1.54, 1.807) is 25.1 Å². The van der Waals surface area contributed by atoms with E-state index in [2.05, 4.69) is 17.0 Å². The predicted molar refractivity (Wildman–Crippen MR) is 194 cm³/mol. The highest BCUT2D eigenvalue weighted by atomic mass is 19.1. The minimum absolute atomic E-state index is 0.0104. The zero-order valence-corrected chi connectivity index (χ0v) is 28.7. The van der Waals surface area contributed by atoms with Crippen LogP contribution >= 0.6 is 0 Å². The van der Waals surface area contributed by atoms with Crippen molar-refractivity contribution in [2.24, 2.45) is 4.99 Å². The van der Waals surface area contributed by atoms with Gasteiger partial charge in [-0.2, -0.15) is 0 Å². The number of halogens is 2. The molecule has 268 valence electrons. The van der Waals surface area contributed by atoms with Gasteiger partial charge in [-0.05, 0) is 74.2 Å². The number of anilines is 1. The molecule has 0 unspecified atom stereocenters. The second kappa shape index (κ2) is 17.1. The molecule has 0 aliphatic carbocycles. The first-order valence-electron chi connectivity index (χ1n) is 16.1. The van der Waals surface area contributed by atoms with Crippen LogP contribution in [0.3, 0.4) is 0 Å². The summed E-state index contributed by atoms with van der Waals surface area (Å²) in [6, 6.07) is 21.2. The molecule has 0 aliphatic rings. The Kier molecular flexibility index (Phi) is 12.1. The lowest BCUT2D eigenvalue weighted by Gasteiger charge is -2.16. The van der Waals surface area contributed by atoms with Gasteiger partial charge in [0.05, 0.1) is 32.2 Å². The Labute approximate surface area is 298 Å². The largest absolute Gasteiger partial charge is 0.493 e. The average molecular weight is 711 g/mol. The van der Waals surface area contributed by atoms with Crippen LogP contribution in [-0.4, -0.2) is 42.6 Å². The topological polar surface area (TPSA) is 122 Å². The number of aliphatic imine (C=N–C) groups is 1. The van der Waals surface area contributed by atoms with Gasteiger partial charge in [0.2, 0.25) is 0 Å². The number of hydrogen-bond acceptors (Lipinski definition) is 8. The number of amides is 1. The predicted octanol–water partition coefficient (Wildman–Crippen LogP) is 6.93. The number of allylic oxidation sites excluding steroid dienone is 1. The zero-order valence-electron chi connectivity index (χ0n) is 28.7. The van der Waals surface area contributed by atoms with Crippen LogP contribution in [0.1, 0.15) is 34.8 Å². The molecule has 52 heavy (non-hydrogen) atoms. The molecule has 13 heteroatoms. The van der Waals surface area contributed by atoms with Gasteiger partial charge in [0.15, 0.2) is 23.1 Å². The van der Waals surface area contributed by atoms with Crippen LogP contribution in [-0.2, 0) is 17.9 Å². The average Bonchev–Trinajstić information content (AvgIpc) is 3.15. The molecule has 5 aromatic rings. The van der Waals surface area contributed by atoms with E-state index in [0.717, 1.165) is 34.5 Å². The summed E-state index contributed by atoms with van der Waals surface area (Å²) < 4.78 is 53.5. The van der Waals surface area contributed by atoms with Crippen molar-refractivity contribution in [3.63, 3.8) is 0 Å². The number of carbonyl (C=O) groups excluding carboxylic acids is 1. The van der Waals surface area contributed by atoms with Gasteiger partial charge in [-0.3, -0.25) is 19.1 Å². The molecule has 5 rings (SSSR count). The molecule has 0 saturated heterocycles. The molecule has 0 saturated carbocycles. The van der Waals surface area contributed by atoms with E-state index in [1.165, 1.54) is 43.1 Å². The van der Waals surface area contributed by atoms with Gasteiger partial charge < -0.3 is 24.3 Å². The SMILES string of the molecule is C=Nc1cc(OC)c(OC)cc1/C(=C\C)Oc1ccc(NC(=O)c2cn(CCCOCc3ccccc3)c(=O)n(-c3ccc(F)cc3)c2=O)cc1F. The van der Waals surface area contributed by atoms with E-state index in [0.29, 0.717) is 42.4 Å². The summed E-state index contributed by atoms with van der Waals surface area (Å²) >= 11 is 0. The second-order valence-corrected chi connectivity index (χ2v) is 11.3. The van der Waals surface area contributed by atoms with Gasteiger partial charge in [0.1, 0.15) is 17.1 Å². The lowest BCUT2D eigenvalue weighted by molar-refractivity contribution is 0.102. The lowest BCUT2D eigenvalue weighted by Crippen LogP contribution is -2.42. The van der Waals surface area contributed by atoms with Crippen LogP contribution in [0.15, 0.2) is 112 Å². The standard InChI is InChI=1S/C39H36F2N4O7/c1-5-33(29-21-35(49-3)36(50-4)22-32(29)42-2)52-34-17-14-27(20-31(34)41)43-37(46)30-23-44(18-9-19-51-24-25-10-7-6-8-11-25)39(48)45(38(30)47)28-15-12-26(40)13-16-28/h5-8,10-17,20-23H,2,9,18-19,24H2,1,3-4H3,(H,43,46)/b33-5+. The Morgan fingerprint density at radius 1 is 0.904 bits per heavy atom. The summed E-state index contributed by atoms with van der Waals surface area (Å²) in [5, 5.41) is 2.52. The highest BCUT2D eigenvalue weighted by Gasteiger charge is 2.21. The zero-order chi connectivity index (χ0) is 37.2. The maximum atomic E-state index is 15.4. The van der Waals surface area contributed by atoms with Crippen LogP contribution in [0.4, 0.5) is 20.2 Å². The van der Waals surface area contributed by atoms with Gasteiger partial charge in [0.25, 0.3) is 11.5 Å². The Balaban J connectivity index is 1.38. The Morgan fingerprint density at radius 3 is 2.27 bits per heavy atom. The highest BCUT2D eigenvalue weighted by molar-refractivity contribution is 6.03. The number of methoxy groups -OCH3 is 2. The molecular formula is C39H36F2N4O7. The third-order valence-corrected chi connectivity index (χ3v) is 7.89. The number of hydrogen-bond donors (Lipinski definition) is 1. The van der Waals surface area contributed by atoms with E-state index in [9.17, 15) is 18.8 Å². The minimum atomic E-state index is -0.939. The number of carbonyl (C=O) groups is 1. The summed E-state index contributed by atoms with van der Waals surface area (Å²) in [4.78, 5) is 44.6. The molecule has 0 radical (unpaired) electrons. The summed E-state index contributed by atoms with van der Waals surface area (Å²) in [5.41, 5.74) is -0.140. The maximum absolute atomic E-state index is 15.4. The van der Waals surface area contributed by atoms with E-state index in [4.69, 9.17) is 18.9 Å². The monoisotopic (exact) mass is 710 g/mol. The molecule has 1 N–H and O–H groups in total. The van der Waals surface area contributed by atoms with Crippen molar-refractivity contribution < 1.29 is 32.5 Å². The molecular weight excluding hydrogens is 674 g/mol. The third kappa shape index (κ3) is 8.50. The Bertz CT molecular complexity index is 2220. The number of aryl methyl sites for hydroxylation is 1. The van der Waals surface area contributed by atoms with Crippen molar-refractivity contribution >= 4 is 29.8 Å². The van der Waals surface area contributed by atoms with Crippen LogP contribution in [0.5, 0.6) is 17.2 Å². The van der Waals surface area contributed by atoms with Crippen molar-refractivity contribution in [2.45, 2.75) is 26.5 Å². The molecule has 0 fully saturated rings. The first-order chi connectivity index (χ1) is 25.2. The Morgan fingerprint density at radius 2 is 1.62 bits per heavy atom. The van der Waals surface area contributed by atoms with Crippen LogP contribution in [0.2, 0.25) is 0 Å². The van der Waals surface area contributed by atoms with E-state index < -0.39 is 34.4 Å². The first-order valence-corrected chi connectivity index (χ1v) is 16.1. The van der Waals surface area contributed by atoms with E-state index >= 15 is 4.39 Å². The fourth-order valence-corrected chi connectivity index (χ4v) is 5.28. The number of benzene rings is 4.